The van der Waals surface area contributed by atoms with E-state index in [0.717, 1.165) is 12.4 Å². The third kappa shape index (κ3) is 3.46. The summed E-state index contributed by atoms with van der Waals surface area (Å²) in [4.78, 5) is 2.76. The smallest absolute Gasteiger partial charge is 0.167 e. The van der Waals surface area contributed by atoms with Gasteiger partial charge in [0.15, 0.2) is 5.82 Å². The van der Waals surface area contributed by atoms with Crippen LogP contribution in [-0.4, -0.2) is 61.8 Å². The topological polar surface area (TPSA) is 58.9 Å². The lowest BCUT2D eigenvalue weighted by Crippen LogP contribution is -2.58. The van der Waals surface area contributed by atoms with Gasteiger partial charge in [-0.1, -0.05) is 19.3 Å². The second-order valence-electron chi connectivity index (χ2n) is 6.65. The summed E-state index contributed by atoms with van der Waals surface area (Å²) < 4.78 is 1.77. The Balaban J connectivity index is 1.66. The molecule has 1 aromatic rings. The molecule has 6 nitrogen and oxygen atoms in total. The van der Waals surface area contributed by atoms with Crippen LogP contribution in [0.5, 0.6) is 0 Å². The molecule has 2 aliphatic rings. The maximum atomic E-state index is 4.14. The first kappa shape index (κ1) is 16.2. The molecule has 1 saturated carbocycles. The number of hydrogen-bond donors (Lipinski definition) is 1. The molecule has 3 rings (SSSR count). The van der Waals surface area contributed by atoms with Gasteiger partial charge < -0.3 is 5.32 Å². The highest BCUT2D eigenvalue weighted by Crippen LogP contribution is 2.35. The number of hydrogen-bond acceptors (Lipinski definition) is 6. The Morgan fingerprint density at radius 1 is 1.23 bits per heavy atom. The predicted octanol–water partition coefficient (Wildman–Crippen LogP) is 1.61. The van der Waals surface area contributed by atoms with Crippen LogP contribution in [-0.2, 0) is 7.05 Å². The molecule has 0 radical (unpaired) electrons. The van der Waals surface area contributed by atoms with Crippen molar-refractivity contribution >= 4 is 11.8 Å². The summed E-state index contributed by atoms with van der Waals surface area (Å²) in [5, 5.41) is 15.6. The number of nitrogens with zero attached hydrogens (tertiary/aromatic N) is 5. The lowest BCUT2D eigenvalue weighted by molar-refractivity contribution is 0.0561. The second-order valence-corrected chi connectivity index (χ2v) is 7.87. The third-order valence-corrected chi connectivity index (χ3v) is 6.19. The molecular weight excluding hydrogens is 296 g/mol. The molecule has 0 bridgehead atoms. The average molecular weight is 324 g/mol. The van der Waals surface area contributed by atoms with E-state index in [1.54, 1.807) is 4.68 Å². The SMILES string of the molecule is CC(NCC1(N2CCSCC2)CCCCC1)c1nnnn1C. The minimum Gasteiger partial charge on any atom is -0.306 e. The maximum absolute atomic E-state index is 4.14. The van der Waals surface area contributed by atoms with Gasteiger partial charge in [-0.15, -0.1) is 5.10 Å². The Hall–Kier alpha value is -0.660. The van der Waals surface area contributed by atoms with Crippen molar-refractivity contribution in [3.05, 3.63) is 5.82 Å². The van der Waals surface area contributed by atoms with Gasteiger partial charge in [0.2, 0.25) is 0 Å². The zero-order valence-electron chi connectivity index (χ0n) is 13.8. The van der Waals surface area contributed by atoms with Crippen LogP contribution in [0.1, 0.15) is 50.9 Å². The normalized spacial score (nSPS) is 24.3. The number of thioether (sulfide) groups is 1. The van der Waals surface area contributed by atoms with Gasteiger partial charge in [0.05, 0.1) is 6.04 Å². The lowest BCUT2D eigenvalue weighted by Gasteiger charge is -2.48. The van der Waals surface area contributed by atoms with E-state index in [9.17, 15) is 0 Å². The molecule has 7 heteroatoms. The largest absolute Gasteiger partial charge is 0.306 e. The molecule has 124 valence electrons. The van der Waals surface area contributed by atoms with Gasteiger partial charge in [-0.2, -0.15) is 11.8 Å². The molecule has 1 atom stereocenters. The Kier molecular flexibility index (Phi) is 5.36. The van der Waals surface area contributed by atoms with Crippen molar-refractivity contribution in [2.75, 3.05) is 31.1 Å². The molecule has 2 fully saturated rings. The molecule has 1 aliphatic heterocycles. The number of tetrazole rings is 1. The van der Waals surface area contributed by atoms with Crippen LogP contribution in [0.15, 0.2) is 0 Å². The fourth-order valence-electron chi connectivity index (χ4n) is 3.89. The van der Waals surface area contributed by atoms with Crippen molar-refractivity contribution < 1.29 is 0 Å². The van der Waals surface area contributed by atoms with Crippen molar-refractivity contribution in [3.8, 4) is 0 Å². The summed E-state index contributed by atoms with van der Waals surface area (Å²) in [6, 6.07) is 0.193. The first-order valence-corrected chi connectivity index (χ1v) is 9.65. The van der Waals surface area contributed by atoms with Crippen LogP contribution in [0.4, 0.5) is 0 Å². The Morgan fingerprint density at radius 2 is 1.95 bits per heavy atom. The highest BCUT2D eigenvalue weighted by Gasteiger charge is 2.38. The first-order valence-electron chi connectivity index (χ1n) is 8.50. The quantitative estimate of drug-likeness (QED) is 0.888. The molecule has 1 N–H and O–H groups in total. The third-order valence-electron chi connectivity index (χ3n) is 5.24. The van der Waals surface area contributed by atoms with Crippen molar-refractivity contribution in [3.63, 3.8) is 0 Å². The molecule has 2 heterocycles. The van der Waals surface area contributed by atoms with Gasteiger partial charge in [0.25, 0.3) is 0 Å². The lowest BCUT2D eigenvalue weighted by atomic mass is 9.79. The standard InChI is InChI=1S/C15H28N6S/c1-13(14-17-18-19-20(14)2)16-12-15(6-4-3-5-7-15)21-8-10-22-11-9-21/h13,16H,3-12H2,1-2H3. The van der Waals surface area contributed by atoms with E-state index in [0.29, 0.717) is 5.54 Å². The summed E-state index contributed by atoms with van der Waals surface area (Å²) in [6.07, 6.45) is 6.78. The van der Waals surface area contributed by atoms with E-state index in [4.69, 9.17) is 0 Å². The molecule has 1 unspecified atom stereocenters. The van der Waals surface area contributed by atoms with Gasteiger partial charge in [-0.3, -0.25) is 4.90 Å². The fourth-order valence-corrected chi connectivity index (χ4v) is 4.79. The van der Waals surface area contributed by atoms with Crippen molar-refractivity contribution in [1.82, 2.24) is 30.4 Å². The highest BCUT2D eigenvalue weighted by atomic mass is 32.2. The van der Waals surface area contributed by atoms with E-state index in [1.165, 1.54) is 56.7 Å². The van der Waals surface area contributed by atoms with Crippen LogP contribution in [0.3, 0.4) is 0 Å². The molecule has 1 aromatic heterocycles. The zero-order valence-corrected chi connectivity index (χ0v) is 14.6. The molecule has 0 aromatic carbocycles. The minimum atomic E-state index is 0.193. The Labute approximate surface area is 137 Å². The summed E-state index contributed by atoms with van der Waals surface area (Å²) >= 11 is 2.09. The van der Waals surface area contributed by atoms with Gasteiger partial charge in [0.1, 0.15) is 0 Å². The van der Waals surface area contributed by atoms with Gasteiger partial charge in [-0.05, 0) is 30.2 Å². The van der Waals surface area contributed by atoms with Crippen molar-refractivity contribution in [2.24, 2.45) is 7.05 Å². The van der Waals surface area contributed by atoms with E-state index in [1.807, 2.05) is 7.05 Å². The maximum Gasteiger partial charge on any atom is 0.167 e. The monoisotopic (exact) mass is 324 g/mol. The minimum absolute atomic E-state index is 0.193. The van der Waals surface area contributed by atoms with Crippen LogP contribution >= 0.6 is 11.8 Å². The van der Waals surface area contributed by atoms with E-state index in [2.05, 4.69) is 44.4 Å². The van der Waals surface area contributed by atoms with E-state index in [-0.39, 0.29) is 6.04 Å². The number of nitrogens with one attached hydrogen (secondary N) is 1. The number of aromatic nitrogens is 4. The molecule has 22 heavy (non-hydrogen) atoms. The van der Waals surface area contributed by atoms with Crippen LogP contribution < -0.4 is 5.32 Å². The highest BCUT2D eigenvalue weighted by molar-refractivity contribution is 7.99. The van der Waals surface area contributed by atoms with Crippen LogP contribution in [0.2, 0.25) is 0 Å². The van der Waals surface area contributed by atoms with E-state index < -0.39 is 0 Å². The summed E-state index contributed by atoms with van der Waals surface area (Å²) in [7, 11) is 1.91. The Bertz CT molecular complexity index is 464. The summed E-state index contributed by atoms with van der Waals surface area (Å²) in [5.41, 5.74) is 0.347. The summed E-state index contributed by atoms with van der Waals surface area (Å²) in [6.45, 7) is 5.69. The fraction of sp³-hybridized carbons (Fsp3) is 0.933. The summed E-state index contributed by atoms with van der Waals surface area (Å²) in [5.74, 6) is 3.48. The van der Waals surface area contributed by atoms with Gasteiger partial charge in [0, 0.05) is 43.7 Å². The van der Waals surface area contributed by atoms with Crippen LogP contribution in [0, 0.1) is 0 Å². The second kappa shape index (κ2) is 7.27. The molecular formula is C15H28N6S. The molecule has 1 saturated heterocycles. The average Bonchev–Trinajstić information content (AvgIpc) is 3.00. The zero-order chi connectivity index (χ0) is 15.4. The predicted molar refractivity (Wildman–Crippen MR) is 89.9 cm³/mol. The number of aryl methyl sites for hydroxylation is 1. The molecule has 1 aliphatic carbocycles. The van der Waals surface area contributed by atoms with E-state index >= 15 is 0 Å². The van der Waals surface area contributed by atoms with Crippen LogP contribution in [0.25, 0.3) is 0 Å². The van der Waals surface area contributed by atoms with Crippen molar-refractivity contribution in [2.45, 2.75) is 50.6 Å². The van der Waals surface area contributed by atoms with Crippen molar-refractivity contribution in [1.29, 1.82) is 0 Å². The Morgan fingerprint density at radius 3 is 2.59 bits per heavy atom. The molecule has 0 spiro atoms. The first-order chi connectivity index (χ1) is 10.7. The van der Waals surface area contributed by atoms with Gasteiger partial charge in [-0.25, -0.2) is 4.68 Å². The number of rotatable bonds is 5. The molecule has 0 amide bonds. The van der Waals surface area contributed by atoms with Gasteiger partial charge >= 0.3 is 0 Å².